The van der Waals surface area contributed by atoms with Crippen LogP contribution < -0.4 is 0 Å². The van der Waals surface area contributed by atoms with Crippen LogP contribution in [0.5, 0.6) is 0 Å². The Morgan fingerprint density at radius 3 is 2.30 bits per heavy atom. The summed E-state index contributed by atoms with van der Waals surface area (Å²) in [6.07, 6.45) is 2.11. The molecule has 1 aliphatic rings. The minimum atomic E-state index is -0.254. The Morgan fingerprint density at radius 1 is 1.20 bits per heavy atom. The predicted molar refractivity (Wildman–Crippen MR) is 78.3 cm³/mol. The van der Waals surface area contributed by atoms with E-state index in [1.165, 1.54) is 0 Å². The van der Waals surface area contributed by atoms with Gasteiger partial charge in [0.25, 0.3) is 0 Å². The van der Waals surface area contributed by atoms with E-state index in [9.17, 15) is 9.59 Å². The fourth-order valence-electron chi connectivity index (χ4n) is 2.10. The van der Waals surface area contributed by atoms with E-state index in [1.54, 1.807) is 11.8 Å². The zero-order valence-corrected chi connectivity index (χ0v) is 12.9. The number of hydrogen-bond acceptors (Lipinski definition) is 4. The molecule has 0 saturated heterocycles. The van der Waals surface area contributed by atoms with Gasteiger partial charge in [0, 0.05) is 19.1 Å². The number of amides is 1. The first-order valence-corrected chi connectivity index (χ1v) is 7.29. The van der Waals surface area contributed by atoms with E-state index in [4.69, 9.17) is 4.74 Å². The number of hydrogen-bond donors (Lipinski definition) is 0. The van der Waals surface area contributed by atoms with Crippen molar-refractivity contribution < 1.29 is 14.3 Å². The van der Waals surface area contributed by atoms with Gasteiger partial charge in [-0.1, -0.05) is 12.2 Å². The van der Waals surface area contributed by atoms with E-state index in [2.05, 4.69) is 6.58 Å². The van der Waals surface area contributed by atoms with Gasteiger partial charge in [-0.3, -0.25) is 14.5 Å². The highest BCUT2D eigenvalue weighted by Gasteiger charge is 2.32. The Balaban J connectivity index is 2.53. The molecule has 0 bridgehead atoms. The summed E-state index contributed by atoms with van der Waals surface area (Å²) in [5.74, 6) is -0.207. The van der Waals surface area contributed by atoms with Gasteiger partial charge in [0.1, 0.15) is 0 Å². The summed E-state index contributed by atoms with van der Waals surface area (Å²) >= 11 is 0. The lowest BCUT2D eigenvalue weighted by Crippen LogP contribution is -2.43. The molecular formula is C15H26N2O3. The fourth-order valence-corrected chi connectivity index (χ4v) is 2.10. The van der Waals surface area contributed by atoms with Crippen molar-refractivity contribution in [2.45, 2.75) is 39.7 Å². The van der Waals surface area contributed by atoms with E-state index in [0.717, 1.165) is 18.4 Å². The van der Waals surface area contributed by atoms with Crippen LogP contribution in [0.3, 0.4) is 0 Å². The number of nitrogens with zero attached hydrogens (tertiary/aromatic N) is 2. The summed E-state index contributed by atoms with van der Waals surface area (Å²) in [6.45, 7) is 11.6. The average Bonchev–Trinajstić information content (AvgIpc) is 3.19. The first kappa shape index (κ1) is 16.7. The third-order valence-electron chi connectivity index (χ3n) is 3.23. The van der Waals surface area contributed by atoms with Crippen molar-refractivity contribution in [3.05, 3.63) is 12.2 Å². The van der Waals surface area contributed by atoms with Gasteiger partial charge in [0.05, 0.1) is 19.7 Å². The van der Waals surface area contributed by atoms with Crippen molar-refractivity contribution in [3.8, 4) is 0 Å². The average molecular weight is 282 g/mol. The Labute approximate surface area is 121 Å². The van der Waals surface area contributed by atoms with Gasteiger partial charge >= 0.3 is 5.97 Å². The van der Waals surface area contributed by atoms with Crippen LogP contribution in [0.2, 0.25) is 0 Å². The van der Waals surface area contributed by atoms with Crippen molar-refractivity contribution in [2.24, 2.45) is 0 Å². The van der Waals surface area contributed by atoms with Gasteiger partial charge in [0.15, 0.2) is 0 Å². The number of esters is 1. The highest BCUT2D eigenvalue weighted by molar-refractivity contribution is 5.79. The molecule has 5 nitrogen and oxygen atoms in total. The van der Waals surface area contributed by atoms with E-state index in [-0.39, 0.29) is 25.0 Å². The van der Waals surface area contributed by atoms with Crippen molar-refractivity contribution >= 4 is 11.9 Å². The first-order valence-electron chi connectivity index (χ1n) is 7.29. The SMILES string of the molecule is C=C(C)CN(CC)C(=O)CN(CC(=O)OCC)C1CC1. The number of ether oxygens (including phenoxy) is 1. The summed E-state index contributed by atoms with van der Waals surface area (Å²) in [6, 6.07) is 0.354. The topological polar surface area (TPSA) is 49.9 Å². The molecule has 0 heterocycles. The second-order valence-electron chi connectivity index (χ2n) is 5.31. The highest BCUT2D eigenvalue weighted by atomic mass is 16.5. The first-order chi connectivity index (χ1) is 9.47. The van der Waals surface area contributed by atoms with Gasteiger partial charge in [0.2, 0.25) is 5.91 Å². The van der Waals surface area contributed by atoms with Crippen molar-refractivity contribution in [1.82, 2.24) is 9.80 Å². The predicted octanol–water partition coefficient (Wildman–Crippen LogP) is 1.44. The van der Waals surface area contributed by atoms with Crippen LogP contribution in [0.1, 0.15) is 33.6 Å². The monoisotopic (exact) mass is 282 g/mol. The molecule has 0 aromatic rings. The van der Waals surface area contributed by atoms with Gasteiger partial charge < -0.3 is 9.64 Å². The quantitative estimate of drug-likeness (QED) is 0.474. The Bertz CT molecular complexity index is 364. The molecule has 1 rings (SSSR count). The summed E-state index contributed by atoms with van der Waals surface area (Å²) in [5.41, 5.74) is 0.962. The van der Waals surface area contributed by atoms with Crippen LogP contribution >= 0.6 is 0 Å². The van der Waals surface area contributed by atoms with Crippen molar-refractivity contribution in [3.63, 3.8) is 0 Å². The van der Waals surface area contributed by atoms with Crippen LogP contribution in [0.15, 0.2) is 12.2 Å². The second-order valence-corrected chi connectivity index (χ2v) is 5.31. The van der Waals surface area contributed by atoms with Gasteiger partial charge in [-0.05, 0) is 33.6 Å². The third kappa shape index (κ3) is 5.74. The standard InChI is InChI=1S/C15H26N2O3/c1-5-16(9-12(3)4)14(18)10-17(13-7-8-13)11-15(19)20-6-2/h13H,3,5-11H2,1-2,4H3. The summed E-state index contributed by atoms with van der Waals surface area (Å²) in [5, 5.41) is 0. The zero-order valence-electron chi connectivity index (χ0n) is 12.9. The van der Waals surface area contributed by atoms with Crippen molar-refractivity contribution in [1.29, 1.82) is 0 Å². The Hall–Kier alpha value is -1.36. The maximum Gasteiger partial charge on any atom is 0.320 e. The molecule has 1 amide bonds. The van der Waals surface area contributed by atoms with Crippen molar-refractivity contribution in [2.75, 3.05) is 32.8 Å². The van der Waals surface area contributed by atoms with E-state index in [1.807, 2.05) is 18.7 Å². The molecule has 5 heteroatoms. The van der Waals surface area contributed by atoms with Crippen LogP contribution in [0.25, 0.3) is 0 Å². The Kier molecular flexibility index (Phi) is 6.71. The molecule has 1 aliphatic carbocycles. The van der Waals surface area contributed by atoms with Crippen LogP contribution in [-0.4, -0.2) is 60.5 Å². The van der Waals surface area contributed by atoms with Gasteiger partial charge in [-0.2, -0.15) is 0 Å². The molecule has 0 atom stereocenters. The lowest BCUT2D eigenvalue weighted by atomic mass is 10.3. The maximum absolute atomic E-state index is 12.3. The number of carbonyl (C=O) groups excluding carboxylic acids is 2. The summed E-state index contributed by atoms with van der Waals surface area (Å²) in [4.78, 5) is 27.6. The van der Waals surface area contributed by atoms with E-state index in [0.29, 0.717) is 25.7 Å². The molecule has 0 spiro atoms. The minimum Gasteiger partial charge on any atom is -0.465 e. The number of likely N-dealkylation sites (N-methyl/N-ethyl adjacent to an activating group) is 1. The summed E-state index contributed by atoms with van der Waals surface area (Å²) < 4.78 is 4.96. The van der Waals surface area contributed by atoms with Gasteiger partial charge in [-0.15, -0.1) is 0 Å². The third-order valence-corrected chi connectivity index (χ3v) is 3.23. The Morgan fingerprint density at radius 2 is 1.85 bits per heavy atom. The number of rotatable bonds is 9. The zero-order chi connectivity index (χ0) is 15.1. The maximum atomic E-state index is 12.3. The molecule has 0 aliphatic heterocycles. The molecule has 0 radical (unpaired) electrons. The largest absolute Gasteiger partial charge is 0.465 e. The molecule has 0 aromatic heterocycles. The minimum absolute atomic E-state index is 0.0479. The van der Waals surface area contributed by atoms with Crippen LogP contribution in [0, 0.1) is 0 Å². The molecular weight excluding hydrogens is 256 g/mol. The normalized spacial score (nSPS) is 14.2. The van der Waals surface area contributed by atoms with E-state index >= 15 is 0 Å². The molecule has 20 heavy (non-hydrogen) atoms. The second kappa shape index (κ2) is 8.04. The van der Waals surface area contributed by atoms with Gasteiger partial charge in [-0.25, -0.2) is 0 Å². The molecule has 114 valence electrons. The van der Waals surface area contributed by atoms with Crippen LogP contribution in [-0.2, 0) is 14.3 Å². The molecule has 0 aromatic carbocycles. The lowest BCUT2D eigenvalue weighted by Gasteiger charge is -2.26. The molecule has 0 N–H and O–H groups in total. The summed E-state index contributed by atoms with van der Waals surface area (Å²) in [7, 11) is 0. The van der Waals surface area contributed by atoms with Crippen LogP contribution in [0.4, 0.5) is 0 Å². The molecule has 0 unspecified atom stereocenters. The smallest absolute Gasteiger partial charge is 0.320 e. The molecule has 1 fully saturated rings. The highest BCUT2D eigenvalue weighted by Crippen LogP contribution is 2.26. The van der Waals surface area contributed by atoms with E-state index < -0.39 is 0 Å². The lowest BCUT2D eigenvalue weighted by molar-refractivity contribution is -0.145. The number of carbonyl (C=O) groups is 2. The molecule has 1 saturated carbocycles. The fraction of sp³-hybridized carbons (Fsp3) is 0.733.